The maximum Gasteiger partial charge on any atom is 0.309 e. The highest BCUT2D eigenvalue weighted by Crippen LogP contribution is 2.52. The lowest BCUT2D eigenvalue weighted by molar-refractivity contribution is -0.147. The molecular weight excluding hydrogens is 431 g/mol. The molecule has 5 rings (SSSR count). The predicted octanol–water partition coefficient (Wildman–Crippen LogP) is 6.41. The van der Waals surface area contributed by atoms with Gasteiger partial charge >= 0.3 is 5.97 Å². The molecule has 5 nitrogen and oxygen atoms in total. The SMILES string of the molecule is CC(C)c1c([C@@H]2CC[C@@](C)(C(=O)O)C2)c2c(F)c3[nH]ncc3cc2n1-c1ccc(F)c(F)c1. The molecule has 2 atom stereocenters. The van der Waals surface area contributed by atoms with E-state index in [0.717, 1.165) is 23.4 Å². The van der Waals surface area contributed by atoms with Crippen molar-refractivity contribution < 1.29 is 23.1 Å². The van der Waals surface area contributed by atoms with Gasteiger partial charge in [0.2, 0.25) is 0 Å². The van der Waals surface area contributed by atoms with Gasteiger partial charge in [0.25, 0.3) is 0 Å². The van der Waals surface area contributed by atoms with Crippen molar-refractivity contribution in [1.82, 2.24) is 14.8 Å². The zero-order chi connectivity index (χ0) is 23.7. The van der Waals surface area contributed by atoms with E-state index < -0.39 is 28.8 Å². The number of carboxylic acid groups (broad SMARTS) is 1. The molecule has 1 aliphatic carbocycles. The Bertz CT molecular complexity index is 1420. The van der Waals surface area contributed by atoms with Crippen molar-refractivity contribution in [1.29, 1.82) is 0 Å². The molecule has 2 aromatic carbocycles. The van der Waals surface area contributed by atoms with Crippen LogP contribution in [0.1, 0.15) is 63.1 Å². The molecule has 4 aromatic rings. The molecule has 172 valence electrons. The summed E-state index contributed by atoms with van der Waals surface area (Å²) in [6, 6.07) is 5.43. The van der Waals surface area contributed by atoms with Crippen molar-refractivity contribution in [2.45, 2.75) is 51.9 Å². The zero-order valence-electron chi connectivity index (χ0n) is 18.5. The number of hydrogen-bond acceptors (Lipinski definition) is 2. The molecule has 1 aliphatic rings. The average Bonchev–Trinajstić information content (AvgIpc) is 3.46. The molecule has 0 unspecified atom stereocenters. The van der Waals surface area contributed by atoms with Crippen molar-refractivity contribution in [3.63, 3.8) is 0 Å². The molecule has 8 heteroatoms. The van der Waals surface area contributed by atoms with E-state index in [9.17, 15) is 18.7 Å². The summed E-state index contributed by atoms with van der Waals surface area (Å²) in [5.74, 6) is -3.56. The lowest BCUT2D eigenvalue weighted by Crippen LogP contribution is -2.23. The smallest absolute Gasteiger partial charge is 0.309 e. The Balaban J connectivity index is 1.88. The van der Waals surface area contributed by atoms with Crippen molar-refractivity contribution in [2.75, 3.05) is 0 Å². The van der Waals surface area contributed by atoms with Gasteiger partial charge in [-0.1, -0.05) is 13.8 Å². The highest BCUT2D eigenvalue weighted by molar-refractivity contribution is 6.00. The Hall–Kier alpha value is -3.29. The van der Waals surface area contributed by atoms with Gasteiger partial charge in [-0.2, -0.15) is 5.10 Å². The normalized spacial score (nSPS) is 21.0. The van der Waals surface area contributed by atoms with Crippen LogP contribution in [0.5, 0.6) is 0 Å². The van der Waals surface area contributed by atoms with Gasteiger partial charge in [-0.15, -0.1) is 0 Å². The summed E-state index contributed by atoms with van der Waals surface area (Å²) in [5, 5.41) is 17.4. The molecular formula is C25H24F3N3O2. The fraction of sp³-hybridized carbons (Fsp3) is 0.360. The van der Waals surface area contributed by atoms with E-state index in [-0.39, 0.29) is 17.4 Å². The van der Waals surface area contributed by atoms with Gasteiger partial charge in [-0.05, 0) is 61.8 Å². The number of nitrogens with zero attached hydrogens (tertiary/aromatic N) is 2. The van der Waals surface area contributed by atoms with Gasteiger partial charge in [0.15, 0.2) is 17.5 Å². The van der Waals surface area contributed by atoms with Gasteiger partial charge in [-0.3, -0.25) is 9.89 Å². The predicted molar refractivity (Wildman–Crippen MR) is 119 cm³/mol. The number of rotatable bonds is 4. The van der Waals surface area contributed by atoms with Crippen LogP contribution in [-0.2, 0) is 4.79 Å². The van der Waals surface area contributed by atoms with E-state index in [1.165, 1.54) is 12.3 Å². The number of aromatic amines is 1. The van der Waals surface area contributed by atoms with Crippen LogP contribution in [0.4, 0.5) is 13.2 Å². The molecule has 2 aromatic heterocycles. The zero-order valence-corrected chi connectivity index (χ0v) is 18.5. The second-order valence-corrected chi connectivity index (χ2v) is 9.61. The molecule has 1 saturated carbocycles. The summed E-state index contributed by atoms with van der Waals surface area (Å²) in [6.07, 6.45) is 2.97. The van der Waals surface area contributed by atoms with Crippen LogP contribution in [0, 0.1) is 22.9 Å². The van der Waals surface area contributed by atoms with E-state index in [1.54, 1.807) is 17.6 Å². The second-order valence-electron chi connectivity index (χ2n) is 9.61. The largest absolute Gasteiger partial charge is 0.481 e. The Morgan fingerprint density at radius 3 is 2.64 bits per heavy atom. The number of halogens is 3. The number of carboxylic acids is 1. The van der Waals surface area contributed by atoms with Gasteiger partial charge in [0, 0.05) is 28.2 Å². The number of H-pyrrole nitrogens is 1. The number of aliphatic carboxylic acids is 1. The van der Waals surface area contributed by atoms with E-state index in [1.807, 2.05) is 13.8 Å². The van der Waals surface area contributed by atoms with Crippen LogP contribution in [0.25, 0.3) is 27.5 Å². The number of aromatic nitrogens is 3. The highest BCUT2D eigenvalue weighted by atomic mass is 19.2. The molecule has 0 radical (unpaired) electrons. The molecule has 0 aliphatic heterocycles. The first-order valence-corrected chi connectivity index (χ1v) is 11.0. The van der Waals surface area contributed by atoms with Gasteiger partial charge in [0.05, 0.1) is 17.1 Å². The Morgan fingerprint density at radius 2 is 2.00 bits per heavy atom. The fourth-order valence-corrected chi connectivity index (χ4v) is 5.41. The standard InChI is InChI=1S/C25H24F3N3O2/c1-12(2)23-19(13-6-7-25(3,10-13)24(32)33)20-18(8-14-11-29-30-22(14)21(20)28)31(23)15-4-5-16(26)17(27)9-15/h4-5,8-9,11-13H,6-7,10H2,1-3H3,(H,29,30)(H,32,33)/t13-,25-/m1/s1. The summed E-state index contributed by atoms with van der Waals surface area (Å²) in [4.78, 5) is 11.9. The number of carbonyl (C=O) groups is 1. The summed E-state index contributed by atoms with van der Waals surface area (Å²) in [6.45, 7) is 5.65. The molecule has 2 heterocycles. The van der Waals surface area contributed by atoms with Gasteiger partial charge in [-0.25, -0.2) is 13.2 Å². The van der Waals surface area contributed by atoms with Crippen molar-refractivity contribution >= 4 is 27.8 Å². The quantitative estimate of drug-likeness (QED) is 0.374. The van der Waals surface area contributed by atoms with Crippen molar-refractivity contribution in [3.05, 3.63) is 59.2 Å². The Morgan fingerprint density at radius 1 is 1.24 bits per heavy atom. The third-order valence-electron chi connectivity index (χ3n) is 7.06. The average molecular weight is 455 g/mol. The third kappa shape index (κ3) is 3.14. The number of hydrogen-bond donors (Lipinski definition) is 2. The molecule has 2 N–H and O–H groups in total. The Labute approximate surface area is 188 Å². The minimum atomic E-state index is -0.991. The van der Waals surface area contributed by atoms with Crippen LogP contribution >= 0.6 is 0 Å². The Kier molecular flexibility index (Phi) is 4.81. The van der Waals surface area contributed by atoms with Crippen LogP contribution in [0.15, 0.2) is 30.5 Å². The molecule has 1 fully saturated rings. The maximum absolute atomic E-state index is 15.9. The summed E-state index contributed by atoms with van der Waals surface area (Å²) in [5.41, 5.74) is 1.79. The maximum atomic E-state index is 15.9. The van der Waals surface area contributed by atoms with E-state index in [0.29, 0.717) is 41.2 Å². The topological polar surface area (TPSA) is 70.9 Å². The number of fused-ring (bicyclic) bond motifs is 2. The van der Waals surface area contributed by atoms with Crippen LogP contribution in [-0.4, -0.2) is 25.8 Å². The second kappa shape index (κ2) is 7.37. The first-order valence-electron chi connectivity index (χ1n) is 11.0. The van der Waals surface area contributed by atoms with E-state index in [2.05, 4.69) is 10.2 Å². The van der Waals surface area contributed by atoms with Crippen molar-refractivity contribution in [2.24, 2.45) is 5.41 Å². The monoisotopic (exact) mass is 455 g/mol. The first-order chi connectivity index (χ1) is 15.6. The van der Waals surface area contributed by atoms with Crippen LogP contribution in [0.3, 0.4) is 0 Å². The fourth-order valence-electron chi connectivity index (χ4n) is 5.41. The van der Waals surface area contributed by atoms with Crippen LogP contribution < -0.4 is 0 Å². The van der Waals surface area contributed by atoms with Crippen molar-refractivity contribution in [3.8, 4) is 5.69 Å². The number of benzene rings is 2. The molecule has 0 amide bonds. The molecule has 0 bridgehead atoms. The van der Waals surface area contributed by atoms with E-state index in [4.69, 9.17) is 0 Å². The van der Waals surface area contributed by atoms with Gasteiger partial charge in [0.1, 0.15) is 5.52 Å². The molecule has 0 spiro atoms. The minimum Gasteiger partial charge on any atom is -0.481 e. The summed E-state index contributed by atoms with van der Waals surface area (Å²) in [7, 11) is 0. The molecule has 33 heavy (non-hydrogen) atoms. The minimum absolute atomic E-state index is 0.0898. The first kappa shape index (κ1) is 21.6. The van der Waals surface area contributed by atoms with Gasteiger partial charge < -0.3 is 9.67 Å². The molecule has 0 saturated heterocycles. The lowest BCUT2D eigenvalue weighted by atomic mass is 9.84. The highest BCUT2D eigenvalue weighted by Gasteiger charge is 2.44. The number of nitrogens with one attached hydrogen (secondary N) is 1. The third-order valence-corrected chi connectivity index (χ3v) is 7.06. The van der Waals surface area contributed by atoms with Crippen LogP contribution in [0.2, 0.25) is 0 Å². The summed E-state index contributed by atoms with van der Waals surface area (Å²) >= 11 is 0. The summed E-state index contributed by atoms with van der Waals surface area (Å²) < 4.78 is 45.7. The van der Waals surface area contributed by atoms with E-state index >= 15 is 4.39 Å². The lowest BCUT2D eigenvalue weighted by Gasteiger charge is -2.21.